The number of hydrogen-bond acceptors (Lipinski definition) is 4. The minimum atomic E-state index is -3.38. The molecule has 106 valence electrons. The molecular formula is C10H15N3O5S. The minimum Gasteiger partial charge on any atom is -0.480 e. The molecule has 0 atom stereocenters. The molecule has 0 aliphatic rings. The van der Waals surface area contributed by atoms with Crippen LogP contribution < -0.4 is 10.0 Å². The average Bonchev–Trinajstić information content (AvgIpc) is 2.76. The third kappa shape index (κ3) is 4.72. The Morgan fingerprint density at radius 1 is 1.42 bits per heavy atom. The zero-order valence-electron chi connectivity index (χ0n) is 10.3. The number of carbonyl (C=O) groups excluding carboxylic acids is 1. The Labute approximate surface area is 110 Å². The van der Waals surface area contributed by atoms with Crippen molar-refractivity contribution in [2.75, 3.05) is 19.3 Å². The smallest absolute Gasteiger partial charge is 0.323 e. The number of nitrogens with zero attached hydrogens (tertiary/aromatic N) is 1. The number of rotatable bonds is 7. The minimum absolute atomic E-state index is 0.0553. The van der Waals surface area contributed by atoms with Gasteiger partial charge in [0.15, 0.2) is 0 Å². The van der Waals surface area contributed by atoms with Crippen LogP contribution >= 0.6 is 0 Å². The molecular weight excluding hydrogens is 274 g/mol. The van der Waals surface area contributed by atoms with Crippen molar-refractivity contribution >= 4 is 21.9 Å². The summed E-state index contributed by atoms with van der Waals surface area (Å²) in [6.45, 7) is -0.384. The second kappa shape index (κ2) is 6.34. The van der Waals surface area contributed by atoms with Crippen LogP contribution in [-0.2, 0) is 21.4 Å². The first-order valence-corrected chi connectivity index (χ1v) is 7.07. The Hall–Kier alpha value is -1.87. The predicted octanol–water partition coefficient (Wildman–Crippen LogP) is -1.15. The molecule has 1 heterocycles. The summed E-state index contributed by atoms with van der Waals surface area (Å²) in [6, 6.07) is 3.01. The number of carboxylic acids is 1. The lowest BCUT2D eigenvalue weighted by atomic mass is 10.4. The Kier molecular flexibility index (Phi) is 5.07. The van der Waals surface area contributed by atoms with Crippen molar-refractivity contribution in [1.29, 1.82) is 0 Å². The largest absolute Gasteiger partial charge is 0.480 e. The second-order valence-electron chi connectivity index (χ2n) is 3.69. The van der Waals surface area contributed by atoms with Crippen LogP contribution in [0.2, 0.25) is 0 Å². The highest BCUT2D eigenvalue weighted by atomic mass is 32.2. The molecule has 0 aliphatic carbocycles. The molecule has 0 aromatic carbocycles. The zero-order chi connectivity index (χ0) is 14.5. The Bertz CT molecular complexity index is 563. The Balaban J connectivity index is 2.59. The zero-order valence-corrected chi connectivity index (χ0v) is 11.1. The SMILES string of the molecule is CNS(=O)(=O)CCNC(=O)c1cccn1CC(=O)O. The fourth-order valence-corrected chi connectivity index (χ4v) is 1.97. The van der Waals surface area contributed by atoms with E-state index in [1.54, 1.807) is 6.07 Å². The lowest BCUT2D eigenvalue weighted by Gasteiger charge is -2.08. The van der Waals surface area contributed by atoms with E-state index in [1.165, 1.54) is 23.9 Å². The van der Waals surface area contributed by atoms with Gasteiger partial charge in [0.05, 0.1) is 5.75 Å². The van der Waals surface area contributed by atoms with Gasteiger partial charge in [-0.05, 0) is 19.2 Å². The number of hydrogen-bond donors (Lipinski definition) is 3. The molecule has 1 amide bonds. The molecule has 1 aromatic rings. The molecule has 0 spiro atoms. The van der Waals surface area contributed by atoms with E-state index in [-0.39, 0.29) is 24.5 Å². The summed E-state index contributed by atoms with van der Waals surface area (Å²) < 4.78 is 25.7. The van der Waals surface area contributed by atoms with E-state index in [9.17, 15) is 18.0 Å². The fourth-order valence-electron chi connectivity index (χ4n) is 1.40. The predicted molar refractivity (Wildman–Crippen MR) is 67.2 cm³/mol. The van der Waals surface area contributed by atoms with Gasteiger partial charge in [-0.2, -0.15) is 0 Å². The van der Waals surface area contributed by atoms with Gasteiger partial charge < -0.3 is 15.0 Å². The van der Waals surface area contributed by atoms with Gasteiger partial charge in [-0.15, -0.1) is 0 Å². The molecule has 9 heteroatoms. The van der Waals surface area contributed by atoms with Crippen LogP contribution in [0, 0.1) is 0 Å². The molecule has 1 aromatic heterocycles. The van der Waals surface area contributed by atoms with Crippen LogP contribution in [0.5, 0.6) is 0 Å². The van der Waals surface area contributed by atoms with Crippen LogP contribution in [-0.4, -0.2) is 49.3 Å². The molecule has 0 unspecified atom stereocenters. The molecule has 0 saturated heterocycles. The summed E-state index contributed by atoms with van der Waals surface area (Å²) in [7, 11) is -2.09. The first kappa shape index (κ1) is 15.2. The fraction of sp³-hybridized carbons (Fsp3) is 0.400. The molecule has 3 N–H and O–H groups in total. The first-order valence-electron chi connectivity index (χ1n) is 5.42. The van der Waals surface area contributed by atoms with Crippen LogP contribution in [0.25, 0.3) is 0 Å². The number of aromatic nitrogens is 1. The maximum absolute atomic E-state index is 11.7. The van der Waals surface area contributed by atoms with Gasteiger partial charge in [0, 0.05) is 12.7 Å². The highest BCUT2D eigenvalue weighted by molar-refractivity contribution is 7.89. The normalized spacial score (nSPS) is 11.2. The lowest BCUT2D eigenvalue weighted by Crippen LogP contribution is -2.34. The summed E-state index contributed by atoms with van der Waals surface area (Å²) in [5.74, 6) is -1.82. The van der Waals surface area contributed by atoms with Crippen molar-refractivity contribution in [1.82, 2.24) is 14.6 Å². The maximum Gasteiger partial charge on any atom is 0.323 e. The lowest BCUT2D eigenvalue weighted by molar-refractivity contribution is -0.137. The highest BCUT2D eigenvalue weighted by Crippen LogP contribution is 2.02. The quantitative estimate of drug-likeness (QED) is 0.586. The Morgan fingerprint density at radius 2 is 2.11 bits per heavy atom. The van der Waals surface area contributed by atoms with Crippen molar-refractivity contribution < 1.29 is 23.1 Å². The van der Waals surface area contributed by atoms with E-state index in [1.807, 2.05) is 0 Å². The number of aliphatic carboxylic acids is 1. The molecule has 0 fully saturated rings. The summed E-state index contributed by atoms with van der Waals surface area (Å²) in [4.78, 5) is 22.3. The van der Waals surface area contributed by atoms with Gasteiger partial charge in [-0.25, -0.2) is 13.1 Å². The third-order valence-electron chi connectivity index (χ3n) is 2.34. The van der Waals surface area contributed by atoms with Gasteiger partial charge in [-0.3, -0.25) is 9.59 Å². The standard InChI is InChI=1S/C10H15N3O5S/c1-11-19(17,18)6-4-12-10(16)8-3-2-5-13(8)7-9(14)15/h2-3,5,11H,4,6-7H2,1H3,(H,12,16)(H,14,15). The number of amides is 1. The topological polar surface area (TPSA) is 118 Å². The van der Waals surface area contributed by atoms with Crippen molar-refractivity contribution in [3.8, 4) is 0 Å². The molecule has 0 bridgehead atoms. The first-order chi connectivity index (χ1) is 8.85. The number of nitrogens with one attached hydrogen (secondary N) is 2. The van der Waals surface area contributed by atoms with Crippen LogP contribution in [0.15, 0.2) is 18.3 Å². The van der Waals surface area contributed by atoms with Gasteiger partial charge >= 0.3 is 5.97 Å². The highest BCUT2D eigenvalue weighted by Gasteiger charge is 2.13. The van der Waals surface area contributed by atoms with Gasteiger partial charge in [-0.1, -0.05) is 0 Å². The van der Waals surface area contributed by atoms with E-state index in [0.29, 0.717) is 0 Å². The summed E-state index contributed by atoms with van der Waals surface area (Å²) in [5, 5.41) is 11.1. The van der Waals surface area contributed by atoms with E-state index in [0.717, 1.165) is 0 Å². The van der Waals surface area contributed by atoms with E-state index in [4.69, 9.17) is 5.11 Å². The van der Waals surface area contributed by atoms with Gasteiger partial charge in [0.2, 0.25) is 10.0 Å². The van der Waals surface area contributed by atoms with E-state index in [2.05, 4.69) is 10.0 Å². The molecule has 8 nitrogen and oxygen atoms in total. The van der Waals surface area contributed by atoms with Crippen LogP contribution in [0.4, 0.5) is 0 Å². The summed E-state index contributed by atoms with van der Waals surface area (Å²) >= 11 is 0. The van der Waals surface area contributed by atoms with Gasteiger partial charge in [0.25, 0.3) is 5.91 Å². The van der Waals surface area contributed by atoms with Crippen molar-refractivity contribution in [3.63, 3.8) is 0 Å². The van der Waals surface area contributed by atoms with E-state index < -0.39 is 21.9 Å². The molecule has 0 saturated carbocycles. The molecule has 0 radical (unpaired) electrons. The average molecular weight is 289 g/mol. The third-order valence-corrected chi connectivity index (χ3v) is 3.70. The van der Waals surface area contributed by atoms with Crippen LogP contribution in [0.3, 0.4) is 0 Å². The maximum atomic E-state index is 11.7. The Morgan fingerprint density at radius 3 is 2.68 bits per heavy atom. The summed E-state index contributed by atoms with van der Waals surface area (Å²) in [5.41, 5.74) is 0.171. The van der Waals surface area contributed by atoms with Gasteiger partial charge in [0.1, 0.15) is 12.2 Å². The van der Waals surface area contributed by atoms with Crippen LogP contribution in [0.1, 0.15) is 10.5 Å². The number of carbonyl (C=O) groups is 2. The molecule has 19 heavy (non-hydrogen) atoms. The molecule has 0 aliphatic heterocycles. The van der Waals surface area contributed by atoms with Crippen molar-refractivity contribution in [2.45, 2.75) is 6.54 Å². The summed E-state index contributed by atoms with van der Waals surface area (Å²) in [6.07, 6.45) is 1.47. The van der Waals surface area contributed by atoms with Crippen molar-refractivity contribution in [2.24, 2.45) is 0 Å². The number of sulfonamides is 1. The monoisotopic (exact) mass is 289 g/mol. The number of carboxylic acid groups (broad SMARTS) is 1. The van der Waals surface area contributed by atoms with E-state index >= 15 is 0 Å². The van der Waals surface area contributed by atoms with Crippen molar-refractivity contribution in [3.05, 3.63) is 24.0 Å². The second-order valence-corrected chi connectivity index (χ2v) is 5.74. The molecule has 1 rings (SSSR count).